The molecule has 0 unspecified atom stereocenters. The summed E-state index contributed by atoms with van der Waals surface area (Å²) in [6.07, 6.45) is 1.42. The van der Waals surface area contributed by atoms with Crippen LogP contribution in [0.15, 0.2) is 40.4 Å². The van der Waals surface area contributed by atoms with Crippen molar-refractivity contribution >= 4 is 44.1 Å². The molecule has 31 heavy (non-hydrogen) atoms. The summed E-state index contributed by atoms with van der Waals surface area (Å²) in [6, 6.07) is 7.15. The molecule has 2 heterocycles. The van der Waals surface area contributed by atoms with Crippen molar-refractivity contribution in [3.8, 4) is 0 Å². The quantitative estimate of drug-likeness (QED) is 0.688. The predicted molar refractivity (Wildman–Crippen MR) is 121 cm³/mol. The summed E-state index contributed by atoms with van der Waals surface area (Å²) < 4.78 is 34.9. The Morgan fingerprint density at radius 3 is 2.42 bits per heavy atom. The number of nitrogens with one attached hydrogen (secondary N) is 1. The van der Waals surface area contributed by atoms with E-state index in [-0.39, 0.29) is 23.6 Å². The number of ether oxygens (including phenoxy) is 1. The van der Waals surface area contributed by atoms with E-state index in [4.69, 9.17) is 4.74 Å². The average Bonchev–Trinajstić information content (AvgIpc) is 2.97. The molecule has 0 radical (unpaired) electrons. The highest BCUT2D eigenvalue weighted by atomic mass is 32.2. The first kappa shape index (κ1) is 22.7. The Kier molecular flexibility index (Phi) is 6.33. The Balaban J connectivity index is 1.99. The van der Waals surface area contributed by atoms with Crippen LogP contribution in [0.3, 0.4) is 0 Å². The second-order valence-electron chi connectivity index (χ2n) is 6.98. The van der Waals surface area contributed by atoms with Gasteiger partial charge >= 0.3 is 16.2 Å². The fourth-order valence-corrected chi connectivity index (χ4v) is 4.91. The van der Waals surface area contributed by atoms with E-state index >= 15 is 0 Å². The highest BCUT2D eigenvalue weighted by Crippen LogP contribution is 2.34. The van der Waals surface area contributed by atoms with Crippen LogP contribution in [0.4, 0.5) is 5.00 Å². The van der Waals surface area contributed by atoms with Gasteiger partial charge in [0.1, 0.15) is 10.7 Å². The van der Waals surface area contributed by atoms with E-state index in [9.17, 15) is 18.0 Å². The molecule has 1 amide bonds. The van der Waals surface area contributed by atoms with Crippen LogP contribution in [-0.4, -0.2) is 44.0 Å². The number of thiophene rings is 1. The Morgan fingerprint density at radius 2 is 1.81 bits per heavy atom. The van der Waals surface area contributed by atoms with Gasteiger partial charge in [-0.25, -0.2) is 9.10 Å². The maximum atomic E-state index is 13.1. The van der Waals surface area contributed by atoms with Crippen LogP contribution < -0.4 is 5.32 Å². The van der Waals surface area contributed by atoms with Crippen LogP contribution in [0, 0.1) is 20.8 Å². The summed E-state index contributed by atoms with van der Waals surface area (Å²) in [6.45, 7) is 7.41. The lowest BCUT2D eigenvalue weighted by molar-refractivity contribution is -0.113. The Hall–Kier alpha value is -2.98. The van der Waals surface area contributed by atoms with Crippen molar-refractivity contribution in [3.05, 3.63) is 63.2 Å². The predicted octanol–water partition coefficient (Wildman–Crippen LogP) is 3.35. The highest BCUT2D eigenvalue weighted by Gasteiger charge is 2.31. The molecule has 3 rings (SSSR count). The van der Waals surface area contributed by atoms with Gasteiger partial charge in [-0.05, 0) is 39.3 Å². The third-order valence-corrected chi connectivity index (χ3v) is 7.28. The van der Waals surface area contributed by atoms with E-state index in [1.54, 1.807) is 26.0 Å². The molecule has 1 aliphatic heterocycles. The van der Waals surface area contributed by atoms with Crippen LogP contribution in [0.2, 0.25) is 0 Å². The van der Waals surface area contributed by atoms with Gasteiger partial charge in [-0.1, -0.05) is 29.8 Å². The van der Waals surface area contributed by atoms with Gasteiger partial charge in [0, 0.05) is 17.5 Å². The number of amides is 1. The van der Waals surface area contributed by atoms with Gasteiger partial charge < -0.3 is 10.1 Å². The Bertz CT molecular complexity index is 1210. The first-order chi connectivity index (χ1) is 14.5. The van der Waals surface area contributed by atoms with Crippen molar-refractivity contribution in [1.29, 1.82) is 0 Å². The van der Waals surface area contributed by atoms with E-state index in [0.29, 0.717) is 16.1 Å². The summed E-state index contributed by atoms with van der Waals surface area (Å²) in [5.74, 6) is -1.21. The van der Waals surface area contributed by atoms with Crippen LogP contribution in [0.1, 0.15) is 38.8 Å². The van der Waals surface area contributed by atoms with Gasteiger partial charge in [-0.15, -0.1) is 15.7 Å². The van der Waals surface area contributed by atoms with Crippen molar-refractivity contribution in [3.63, 3.8) is 0 Å². The second kappa shape index (κ2) is 8.64. The number of esters is 1. The lowest BCUT2D eigenvalue weighted by Gasteiger charge is -2.23. The van der Waals surface area contributed by atoms with Crippen LogP contribution in [-0.2, 0) is 19.7 Å². The third-order valence-electron chi connectivity index (χ3n) is 4.84. The molecule has 0 atom stereocenters. The molecule has 2 aromatic rings. The fourth-order valence-electron chi connectivity index (χ4n) is 2.96. The summed E-state index contributed by atoms with van der Waals surface area (Å²) in [4.78, 5) is 26.3. The standard InChI is InChI=1S/C21H23N3O5S2/c1-6-29-21(26)18-13(3)14(4)30-20(18)22-19(25)17-11-16(23-31(27,28)24(17)5)15-9-7-12(2)8-10-15/h7-11H,6H2,1-5H3,(H,22,25). The third kappa shape index (κ3) is 4.54. The zero-order valence-corrected chi connectivity index (χ0v) is 19.5. The van der Waals surface area contributed by atoms with Gasteiger partial charge in [-0.2, -0.15) is 8.42 Å². The number of rotatable bonds is 5. The molecule has 1 aliphatic rings. The minimum Gasteiger partial charge on any atom is -0.462 e. The Labute approximate surface area is 185 Å². The normalized spacial score (nSPS) is 15.2. The van der Waals surface area contributed by atoms with Crippen molar-refractivity contribution in [2.24, 2.45) is 4.40 Å². The second-order valence-corrected chi connectivity index (χ2v) is 9.83. The molecule has 0 fully saturated rings. The number of likely N-dealkylation sites (N-methyl/N-ethyl adjacent to an activating group) is 1. The maximum Gasteiger partial charge on any atom is 0.345 e. The maximum absolute atomic E-state index is 13.1. The first-order valence-corrected chi connectivity index (χ1v) is 11.7. The van der Waals surface area contributed by atoms with Gasteiger partial charge in [0.25, 0.3) is 5.91 Å². The zero-order valence-electron chi connectivity index (χ0n) is 17.8. The monoisotopic (exact) mass is 461 g/mol. The molecule has 164 valence electrons. The molecular formula is C21H23N3O5S2. The van der Waals surface area contributed by atoms with Crippen molar-refractivity contribution in [2.75, 3.05) is 19.0 Å². The van der Waals surface area contributed by atoms with E-state index in [1.807, 2.05) is 26.0 Å². The van der Waals surface area contributed by atoms with E-state index in [2.05, 4.69) is 9.71 Å². The minimum absolute atomic E-state index is 0.107. The number of allylic oxidation sites excluding steroid dienone is 1. The van der Waals surface area contributed by atoms with Crippen molar-refractivity contribution in [2.45, 2.75) is 27.7 Å². The van der Waals surface area contributed by atoms with E-state index in [1.165, 1.54) is 24.5 Å². The summed E-state index contributed by atoms with van der Waals surface area (Å²) in [7, 11) is -2.83. The minimum atomic E-state index is -4.09. The molecule has 1 aromatic carbocycles. The molecule has 0 saturated heterocycles. The smallest absolute Gasteiger partial charge is 0.345 e. The van der Waals surface area contributed by atoms with Crippen LogP contribution in [0.5, 0.6) is 0 Å². The zero-order chi connectivity index (χ0) is 22.9. The number of anilines is 1. The number of carbonyl (C=O) groups is 2. The lowest BCUT2D eigenvalue weighted by Crippen LogP contribution is -2.35. The molecular weight excluding hydrogens is 438 g/mol. The summed E-state index contributed by atoms with van der Waals surface area (Å²) in [5, 5.41) is 2.99. The summed E-state index contributed by atoms with van der Waals surface area (Å²) >= 11 is 1.23. The van der Waals surface area contributed by atoms with Crippen molar-refractivity contribution < 1.29 is 22.7 Å². The van der Waals surface area contributed by atoms with Gasteiger partial charge in [0.15, 0.2) is 0 Å². The van der Waals surface area contributed by atoms with E-state index in [0.717, 1.165) is 14.7 Å². The van der Waals surface area contributed by atoms with Gasteiger partial charge in [-0.3, -0.25) is 4.79 Å². The van der Waals surface area contributed by atoms with E-state index < -0.39 is 22.1 Å². The SMILES string of the molecule is CCOC(=O)c1c(NC(=O)C2=CC(c3ccc(C)cc3)=NS(=O)(=O)N2C)sc(C)c1C. The number of hydrogen-bond donors (Lipinski definition) is 1. The average molecular weight is 462 g/mol. The number of nitrogens with zero attached hydrogens (tertiary/aromatic N) is 2. The van der Waals surface area contributed by atoms with Crippen LogP contribution >= 0.6 is 11.3 Å². The molecule has 0 spiro atoms. The van der Waals surface area contributed by atoms with Crippen LogP contribution in [0.25, 0.3) is 0 Å². The first-order valence-electron chi connectivity index (χ1n) is 9.51. The van der Waals surface area contributed by atoms with Gasteiger partial charge in [0.05, 0.1) is 17.9 Å². The molecule has 0 saturated carbocycles. The number of hydrogen-bond acceptors (Lipinski definition) is 6. The number of aryl methyl sites for hydroxylation is 2. The summed E-state index contributed by atoms with van der Waals surface area (Å²) in [5.41, 5.74) is 2.61. The number of benzene rings is 1. The number of carbonyl (C=O) groups excluding carboxylic acids is 2. The largest absolute Gasteiger partial charge is 0.462 e. The molecule has 0 bridgehead atoms. The topological polar surface area (TPSA) is 105 Å². The molecule has 1 N–H and O–H groups in total. The molecule has 8 nitrogen and oxygen atoms in total. The van der Waals surface area contributed by atoms with Gasteiger partial charge in [0.2, 0.25) is 0 Å². The lowest BCUT2D eigenvalue weighted by atomic mass is 10.1. The highest BCUT2D eigenvalue weighted by molar-refractivity contribution is 7.88. The molecule has 1 aromatic heterocycles. The Morgan fingerprint density at radius 1 is 1.16 bits per heavy atom. The molecule has 0 aliphatic carbocycles. The molecule has 10 heteroatoms. The van der Waals surface area contributed by atoms with Crippen molar-refractivity contribution in [1.82, 2.24) is 4.31 Å². The fraction of sp³-hybridized carbons (Fsp3) is 0.286.